The summed E-state index contributed by atoms with van der Waals surface area (Å²) in [7, 11) is 0. The van der Waals surface area contributed by atoms with Crippen LogP contribution in [-0.4, -0.2) is 21.4 Å². The Morgan fingerprint density at radius 1 is 1.13 bits per heavy atom. The van der Waals surface area contributed by atoms with Crippen LogP contribution in [0.3, 0.4) is 0 Å². The summed E-state index contributed by atoms with van der Waals surface area (Å²) >= 11 is 0. The Labute approximate surface area is 169 Å². The first kappa shape index (κ1) is 20.1. The van der Waals surface area contributed by atoms with Gasteiger partial charge in [0.1, 0.15) is 11.6 Å². The number of alkyl halides is 3. The van der Waals surface area contributed by atoms with E-state index in [0.29, 0.717) is 41.8 Å². The third-order valence-corrected chi connectivity index (χ3v) is 5.11. The summed E-state index contributed by atoms with van der Waals surface area (Å²) in [5, 5.41) is 0. The second kappa shape index (κ2) is 7.56. The Hall–Kier alpha value is -3.20. The molecule has 0 saturated carbocycles. The molecule has 1 aliphatic rings. The number of hydrogen-bond donors (Lipinski definition) is 2. The molecule has 0 spiro atoms. The van der Waals surface area contributed by atoms with Crippen molar-refractivity contribution in [2.75, 3.05) is 12.3 Å². The number of aromatic nitrogens is 2. The van der Waals surface area contributed by atoms with Gasteiger partial charge in [0.25, 0.3) is 5.56 Å². The van der Waals surface area contributed by atoms with Gasteiger partial charge in [0.2, 0.25) is 0 Å². The average Bonchev–Trinajstić information content (AvgIpc) is 2.69. The highest BCUT2D eigenvalue weighted by Crippen LogP contribution is 2.30. The summed E-state index contributed by atoms with van der Waals surface area (Å²) in [5.41, 5.74) is 7.00. The average molecular weight is 418 g/mol. The highest BCUT2D eigenvalue weighted by atomic mass is 19.4. The van der Waals surface area contributed by atoms with Gasteiger partial charge in [-0.25, -0.2) is 9.37 Å². The molecule has 0 bridgehead atoms. The Morgan fingerprint density at radius 2 is 1.87 bits per heavy atom. The quantitative estimate of drug-likeness (QED) is 0.502. The molecule has 9 heteroatoms. The SMILES string of the molecule is Nc1ccc(-c2nc3c(c(=O)[nH]2)CN(Cc2ccc(C(F)(F)F)cc2F)CC3)cc1. The Bertz CT molecular complexity index is 1140. The van der Waals surface area contributed by atoms with E-state index in [1.54, 1.807) is 24.3 Å². The maximum atomic E-state index is 14.2. The van der Waals surface area contributed by atoms with E-state index in [0.717, 1.165) is 17.7 Å². The van der Waals surface area contributed by atoms with Crippen LogP contribution >= 0.6 is 0 Å². The monoisotopic (exact) mass is 418 g/mol. The number of anilines is 1. The molecule has 2 heterocycles. The number of H-pyrrole nitrogens is 1. The third kappa shape index (κ3) is 4.06. The molecule has 2 aromatic carbocycles. The van der Waals surface area contributed by atoms with E-state index in [-0.39, 0.29) is 24.2 Å². The van der Waals surface area contributed by atoms with Gasteiger partial charge >= 0.3 is 6.18 Å². The van der Waals surface area contributed by atoms with Gasteiger partial charge in [-0.15, -0.1) is 0 Å². The molecule has 0 radical (unpaired) electrons. The van der Waals surface area contributed by atoms with Crippen LogP contribution in [0.1, 0.15) is 22.4 Å². The molecule has 0 atom stereocenters. The van der Waals surface area contributed by atoms with Gasteiger partial charge in [0, 0.05) is 42.9 Å². The summed E-state index contributed by atoms with van der Waals surface area (Å²) in [5.74, 6) is -0.470. The lowest BCUT2D eigenvalue weighted by Crippen LogP contribution is -2.35. The van der Waals surface area contributed by atoms with Crippen molar-refractivity contribution in [2.24, 2.45) is 0 Å². The number of nitrogens with one attached hydrogen (secondary N) is 1. The zero-order valence-corrected chi connectivity index (χ0v) is 15.8. The molecule has 0 amide bonds. The zero-order chi connectivity index (χ0) is 21.5. The second-order valence-corrected chi connectivity index (χ2v) is 7.23. The molecule has 3 aromatic rings. The Morgan fingerprint density at radius 3 is 2.53 bits per heavy atom. The molecule has 0 unspecified atom stereocenters. The number of nitrogens with zero attached hydrogens (tertiary/aromatic N) is 2. The van der Waals surface area contributed by atoms with Crippen molar-refractivity contribution in [3.05, 3.63) is 81.0 Å². The predicted octanol–water partition coefficient (Wildman–Crippen LogP) is 3.74. The van der Waals surface area contributed by atoms with E-state index < -0.39 is 17.6 Å². The van der Waals surface area contributed by atoms with Crippen molar-refractivity contribution >= 4 is 5.69 Å². The van der Waals surface area contributed by atoms with Crippen molar-refractivity contribution in [1.29, 1.82) is 0 Å². The molecular weight excluding hydrogens is 400 g/mol. The number of fused-ring (bicyclic) bond motifs is 1. The van der Waals surface area contributed by atoms with Crippen LogP contribution in [0.2, 0.25) is 0 Å². The number of benzene rings is 2. The first-order valence-corrected chi connectivity index (χ1v) is 9.26. The van der Waals surface area contributed by atoms with E-state index in [2.05, 4.69) is 9.97 Å². The highest BCUT2D eigenvalue weighted by molar-refractivity contribution is 5.58. The summed E-state index contributed by atoms with van der Waals surface area (Å²) in [6.07, 6.45) is -4.12. The van der Waals surface area contributed by atoms with Crippen LogP contribution in [0.4, 0.5) is 23.2 Å². The second-order valence-electron chi connectivity index (χ2n) is 7.23. The molecule has 3 N–H and O–H groups in total. The van der Waals surface area contributed by atoms with Crippen LogP contribution in [0.25, 0.3) is 11.4 Å². The van der Waals surface area contributed by atoms with Crippen molar-refractivity contribution in [3.63, 3.8) is 0 Å². The zero-order valence-electron chi connectivity index (χ0n) is 15.8. The topological polar surface area (TPSA) is 75.0 Å². The summed E-state index contributed by atoms with van der Waals surface area (Å²) < 4.78 is 52.3. The van der Waals surface area contributed by atoms with Gasteiger partial charge < -0.3 is 10.7 Å². The highest BCUT2D eigenvalue weighted by Gasteiger charge is 2.31. The molecular formula is C21H18F4N4O. The van der Waals surface area contributed by atoms with Crippen molar-refractivity contribution < 1.29 is 17.6 Å². The molecule has 156 valence electrons. The smallest absolute Gasteiger partial charge is 0.399 e. The van der Waals surface area contributed by atoms with Crippen LogP contribution in [0.5, 0.6) is 0 Å². The minimum absolute atomic E-state index is 0.0998. The largest absolute Gasteiger partial charge is 0.416 e. The number of nitrogen functional groups attached to an aromatic ring is 1. The van der Waals surface area contributed by atoms with Crippen LogP contribution in [-0.2, 0) is 25.7 Å². The lowest BCUT2D eigenvalue weighted by molar-refractivity contribution is -0.137. The number of rotatable bonds is 3. The predicted molar refractivity (Wildman–Crippen MR) is 104 cm³/mol. The van der Waals surface area contributed by atoms with Gasteiger partial charge in [-0.05, 0) is 36.4 Å². The summed E-state index contributed by atoms with van der Waals surface area (Å²) in [4.78, 5) is 21.7. The molecule has 5 nitrogen and oxygen atoms in total. The third-order valence-electron chi connectivity index (χ3n) is 5.11. The van der Waals surface area contributed by atoms with Crippen LogP contribution in [0.15, 0.2) is 47.3 Å². The summed E-state index contributed by atoms with van der Waals surface area (Å²) in [6, 6.07) is 9.47. The summed E-state index contributed by atoms with van der Waals surface area (Å²) in [6.45, 7) is 0.841. The van der Waals surface area contributed by atoms with E-state index in [1.165, 1.54) is 0 Å². The normalized spacial score (nSPS) is 14.5. The Balaban J connectivity index is 1.54. The molecule has 0 saturated heterocycles. The minimum atomic E-state index is -4.59. The fourth-order valence-corrected chi connectivity index (χ4v) is 3.49. The van der Waals surface area contributed by atoms with Gasteiger partial charge in [-0.1, -0.05) is 6.07 Å². The van der Waals surface area contributed by atoms with Crippen LogP contribution < -0.4 is 11.3 Å². The first-order valence-electron chi connectivity index (χ1n) is 9.26. The van der Waals surface area contributed by atoms with E-state index in [1.807, 2.05) is 4.90 Å². The van der Waals surface area contributed by atoms with Crippen molar-refractivity contribution in [3.8, 4) is 11.4 Å². The molecule has 0 aliphatic carbocycles. The fourth-order valence-electron chi connectivity index (χ4n) is 3.49. The maximum absolute atomic E-state index is 14.2. The van der Waals surface area contributed by atoms with Gasteiger partial charge in [0.15, 0.2) is 0 Å². The molecule has 0 fully saturated rings. The molecule has 4 rings (SSSR count). The van der Waals surface area contributed by atoms with Crippen molar-refractivity contribution in [1.82, 2.24) is 14.9 Å². The van der Waals surface area contributed by atoms with Gasteiger partial charge in [0.05, 0.1) is 16.8 Å². The molecule has 30 heavy (non-hydrogen) atoms. The first-order chi connectivity index (χ1) is 14.2. The number of halogens is 4. The van der Waals surface area contributed by atoms with E-state index >= 15 is 0 Å². The fraction of sp³-hybridized carbons (Fsp3) is 0.238. The number of hydrogen-bond acceptors (Lipinski definition) is 4. The maximum Gasteiger partial charge on any atom is 0.416 e. The lowest BCUT2D eigenvalue weighted by Gasteiger charge is -2.28. The van der Waals surface area contributed by atoms with Gasteiger partial charge in [-0.2, -0.15) is 13.2 Å². The van der Waals surface area contributed by atoms with E-state index in [4.69, 9.17) is 5.73 Å². The standard InChI is InChI=1S/C21H18F4N4O/c22-17-9-14(21(23,24)25)4-1-13(17)10-29-8-7-18-16(11-29)20(30)28-19(27-18)12-2-5-15(26)6-3-12/h1-6,9H,7-8,10-11,26H2,(H,27,28,30). The lowest BCUT2D eigenvalue weighted by atomic mass is 10.0. The van der Waals surface area contributed by atoms with E-state index in [9.17, 15) is 22.4 Å². The van der Waals surface area contributed by atoms with Gasteiger partial charge in [-0.3, -0.25) is 9.69 Å². The molecule has 1 aliphatic heterocycles. The molecule has 1 aromatic heterocycles. The number of aromatic amines is 1. The minimum Gasteiger partial charge on any atom is -0.399 e. The van der Waals surface area contributed by atoms with Crippen molar-refractivity contribution in [2.45, 2.75) is 25.7 Å². The number of nitrogens with two attached hydrogens (primary N) is 1. The van der Waals surface area contributed by atoms with Crippen LogP contribution in [0, 0.1) is 5.82 Å². The Kier molecular flexibility index (Phi) is 5.07.